The van der Waals surface area contributed by atoms with Crippen LogP contribution in [-0.4, -0.2) is 24.1 Å². The number of hydrogen-bond acceptors (Lipinski definition) is 4. The molecule has 1 aromatic rings. The average Bonchev–Trinajstić information content (AvgIpc) is 3.03. The summed E-state index contributed by atoms with van der Waals surface area (Å²) in [4.78, 5) is 8.91. The van der Waals surface area contributed by atoms with Crippen molar-refractivity contribution < 1.29 is 0 Å². The maximum Gasteiger partial charge on any atom is 0.185 e. The third-order valence-electron chi connectivity index (χ3n) is 4.65. The molecule has 2 fully saturated rings. The highest BCUT2D eigenvalue weighted by Crippen LogP contribution is 2.35. The van der Waals surface area contributed by atoms with E-state index in [0.29, 0.717) is 5.92 Å². The lowest BCUT2D eigenvalue weighted by Gasteiger charge is -2.13. The fourth-order valence-corrected chi connectivity index (χ4v) is 4.06. The zero-order valence-corrected chi connectivity index (χ0v) is 14.0. The number of hydrogen-bond donors (Lipinski definition) is 1. The molecule has 112 valence electrons. The molecule has 2 atom stereocenters. The zero-order valence-electron chi connectivity index (χ0n) is 13.1. The summed E-state index contributed by atoms with van der Waals surface area (Å²) >= 11 is 1.91. The van der Waals surface area contributed by atoms with E-state index in [9.17, 15) is 0 Å². The van der Waals surface area contributed by atoms with Gasteiger partial charge in [0.15, 0.2) is 5.13 Å². The molecule has 3 nitrogen and oxygen atoms in total. The summed E-state index contributed by atoms with van der Waals surface area (Å²) in [6.07, 6.45) is 2.70. The van der Waals surface area contributed by atoms with Gasteiger partial charge in [-0.05, 0) is 30.6 Å². The van der Waals surface area contributed by atoms with Crippen molar-refractivity contribution in [3.63, 3.8) is 0 Å². The Morgan fingerprint density at radius 3 is 2.45 bits per heavy atom. The lowest BCUT2D eigenvalue weighted by atomic mass is 10.0. The minimum absolute atomic E-state index is 0.522. The van der Waals surface area contributed by atoms with Crippen LogP contribution in [0.5, 0.6) is 0 Å². The first-order chi connectivity index (χ1) is 9.54. The van der Waals surface area contributed by atoms with Crippen molar-refractivity contribution in [2.24, 2.45) is 11.8 Å². The highest BCUT2D eigenvalue weighted by atomic mass is 32.1. The van der Waals surface area contributed by atoms with Gasteiger partial charge in [-0.25, -0.2) is 4.98 Å². The Kier molecular flexibility index (Phi) is 4.04. The monoisotopic (exact) mass is 293 g/mol. The van der Waals surface area contributed by atoms with Gasteiger partial charge in [-0.1, -0.05) is 27.7 Å². The van der Waals surface area contributed by atoms with Crippen molar-refractivity contribution in [2.45, 2.75) is 59.0 Å². The summed E-state index contributed by atoms with van der Waals surface area (Å²) in [5.41, 5.74) is 1.31. The van der Waals surface area contributed by atoms with Crippen molar-refractivity contribution in [2.75, 3.05) is 18.0 Å². The molecule has 1 saturated carbocycles. The van der Waals surface area contributed by atoms with Crippen LogP contribution >= 0.6 is 11.3 Å². The van der Waals surface area contributed by atoms with Crippen LogP contribution in [0.4, 0.5) is 5.13 Å². The minimum atomic E-state index is 0.522. The van der Waals surface area contributed by atoms with Gasteiger partial charge in [0.05, 0.1) is 5.69 Å². The number of rotatable bonds is 5. The fraction of sp³-hybridized carbons (Fsp3) is 0.812. The topological polar surface area (TPSA) is 28.2 Å². The Balaban J connectivity index is 1.75. The van der Waals surface area contributed by atoms with Gasteiger partial charge in [-0.3, -0.25) is 0 Å². The van der Waals surface area contributed by atoms with Gasteiger partial charge >= 0.3 is 0 Å². The third-order valence-corrected chi connectivity index (χ3v) is 5.78. The van der Waals surface area contributed by atoms with E-state index in [4.69, 9.17) is 4.98 Å². The standard InChI is InChI=1S/C16H27N3S/c1-10(2)15-14(7-17-13-5-6-13)20-16(18-15)19-8-11(3)12(4)9-19/h10-13,17H,5-9H2,1-4H3. The Morgan fingerprint density at radius 1 is 1.25 bits per heavy atom. The highest BCUT2D eigenvalue weighted by molar-refractivity contribution is 7.15. The fourth-order valence-electron chi connectivity index (χ4n) is 2.87. The zero-order chi connectivity index (χ0) is 14.3. The molecule has 1 aromatic heterocycles. The molecule has 2 heterocycles. The molecule has 1 aliphatic heterocycles. The van der Waals surface area contributed by atoms with Crippen LogP contribution in [0.3, 0.4) is 0 Å². The Bertz CT molecular complexity index is 454. The van der Waals surface area contributed by atoms with Gasteiger partial charge in [-0.15, -0.1) is 11.3 Å². The van der Waals surface area contributed by atoms with Crippen LogP contribution in [-0.2, 0) is 6.54 Å². The Hall–Kier alpha value is -0.610. The average molecular weight is 293 g/mol. The predicted molar refractivity (Wildman–Crippen MR) is 86.6 cm³/mol. The summed E-state index contributed by atoms with van der Waals surface area (Å²) < 4.78 is 0. The van der Waals surface area contributed by atoms with Gasteiger partial charge in [0, 0.05) is 30.6 Å². The third kappa shape index (κ3) is 3.01. The molecule has 2 aliphatic rings. The van der Waals surface area contributed by atoms with Gasteiger partial charge in [-0.2, -0.15) is 0 Å². The van der Waals surface area contributed by atoms with Crippen molar-refractivity contribution in [3.05, 3.63) is 10.6 Å². The lowest BCUT2D eigenvalue weighted by molar-refractivity contribution is 0.494. The van der Waals surface area contributed by atoms with Crippen LogP contribution < -0.4 is 10.2 Å². The molecule has 20 heavy (non-hydrogen) atoms. The molecule has 0 aromatic carbocycles. The van der Waals surface area contributed by atoms with E-state index in [1.807, 2.05) is 11.3 Å². The molecular formula is C16H27N3S. The van der Waals surface area contributed by atoms with Crippen molar-refractivity contribution in [3.8, 4) is 0 Å². The van der Waals surface area contributed by atoms with Crippen LogP contribution in [0.25, 0.3) is 0 Å². The molecule has 4 heteroatoms. The molecule has 3 rings (SSSR count). The number of anilines is 1. The molecule has 0 radical (unpaired) electrons. The normalized spacial score (nSPS) is 26.8. The quantitative estimate of drug-likeness (QED) is 0.899. The molecule has 1 N–H and O–H groups in total. The van der Waals surface area contributed by atoms with Crippen LogP contribution in [0.2, 0.25) is 0 Å². The van der Waals surface area contributed by atoms with Gasteiger partial charge in [0.1, 0.15) is 0 Å². The molecule has 2 unspecified atom stereocenters. The molecule has 0 spiro atoms. The van der Waals surface area contributed by atoms with E-state index >= 15 is 0 Å². The first-order valence-corrected chi connectivity index (χ1v) is 8.84. The van der Waals surface area contributed by atoms with Crippen LogP contribution in [0.15, 0.2) is 0 Å². The number of nitrogens with zero attached hydrogens (tertiary/aromatic N) is 2. The second-order valence-electron chi connectivity index (χ2n) is 6.97. The second-order valence-corrected chi connectivity index (χ2v) is 8.04. The summed E-state index contributed by atoms with van der Waals surface area (Å²) in [5.74, 6) is 2.09. The second kappa shape index (κ2) is 5.64. The van der Waals surface area contributed by atoms with E-state index in [1.54, 1.807) is 0 Å². The molecule has 0 bridgehead atoms. The summed E-state index contributed by atoms with van der Waals surface area (Å²) in [6.45, 7) is 12.6. The first kappa shape index (κ1) is 14.3. The van der Waals surface area contributed by atoms with Gasteiger partial charge < -0.3 is 10.2 Å². The highest BCUT2D eigenvalue weighted by Gasteiger charge is 2.29. The summed E-state index contributed by atoms with van der Waals surface area (Å²) in [6, 6.07) is 0.771. The first-order valence-electron chi connectivity index (χ1n) is 8.02. The van der Waals surface area contributed by atoms with Gasteiger partial charge in [0.25, 0.3) is 0 Å². The van der Waals surface area contributed by atoms with E-state index in [-0.39, 0.29) is 0 Å². The van der Waals surface area contributed by atoms with Crippen LogP contribution in [0.1, 0.15) is 57.0 Å². The van der Waals surface area contributed by atoms with Gasteiger partial charge in [0.2, 0.25) is 0 Å². The molecular weight excluding hydrogens is 266 g/mol. The lowest BCUT2D eigenvalue weighted by Crippen LogP contribution is -2.19. The maximum absolute atomic E-state index is 4.96. The van der Waals surface area contributed by atoms with E-state index in [0.717, 1.165) is 24.4 Å². The Morgan fingerprint density at radius 2 is 1.90 bits per heavy atom. The van der Waals surface area contributed by atoms with Crippen molar-refractivity contribution in [1.29, 1.82) is 0 Å². The van der Waals surface area contributed by atoms with E-state index in [1.165, 1.54) is 41.6 Å². The van der Waals surface area contributed by atoms with Crippen LogP contribution in [0, 0.1) is 11.8 Å². The smallest absolute Gasteiger partial charge is 0.185 e. The maximum atomic E-state index is 4.96. The minimum Gasteiger partial charge on any atom is -0.348 e. The van der Waals surface area contributed by atoms with E-state index < -0.39 is 0 Å². The molecule has 1 saturated heterocycles. The Labute approximate surface area is 126 Å². The van der Waals surface area contributed by atoms with Crippen molar-refractivity contribution >= 4 is 16.5 Å². The summed E-state index contributed by atoms with van der Waals surface area (Å²) in [5, 5.41) is 4.89. The molecule has 1 aliphatic carbocycles. The molecule has 0 amide bonds. The predicted octanol–water partition coefficient (Wildman–Crippen LogP) is 3.61. The summed E-state index contributed by atoms with van der Waals surface area (Å²) in [7, 11) is 0. The SMILES string of the molecule is CC(C)c1nc(N2CC(C)C(C)C2)sc1CNC1CC1. The largest absolute Gasteiger partial charge is 0.348 e. The van der Waals surface area contributed by atoms with E-state index in [2.05, 4.69) is 37.9 Å². The number of nitrogens with one attached hydrogen (secondary N) is 1. The van der Waals surface area contributed by atoms with Crippen molar-refractivity contribution in [1.82, 2.24) is 10.3 Å². The number of thiazole rings is 1. The number of aromatic nitrogens is 1.